The van der Waals surface area contributed by atoms with E-state index in [1.807, 2.05) is 23.5 Å². The van der Waals surface area contributed by atoms with Gasteiger partial charge in [-0.1, -0.05) is 12.1 Å². The number of likely N-dealkylation sites (tertiary alicyclic amines) is 1. The Morgan fingerprint density at radius 3 is 2.59 bits per heavy atom. The van der Waals surface area contributed by atoms with Crippen molar-refractivity contribution in [3.8, 4) is 0 Å². The molecule has 0 radical (unpaired) electrons. The maximum atomic E-state index is 12.6. The van der Waals surface area contributed by atoms with E-state index in [0.29, 0.717) is 17.4 Å². The lowest BCUT2D eigenvalue weighted by Gasteiger charge is -2.31. The second-order valence-electron chi connectivity index (χ2n) is 7.67. The van der Waals surface area contributed by atoms with Crippen molar-refractivity contribution >= 4 is 21.4 Å². The van der Waals surface area contributed by atoms with Gasteiger partial charge in [-0.15, -0.1) is 11.3 Å². The Morgan fingerprint density at radius 1 is 1.07 bits per heavy atom. The molecule has 0 spiro atoms. The van der Waals surface area contributed by atoms with Crippen LogP contribution in [0.4, 0.5) is 0 Å². The van der Waals surface area contributed by atoms with Gasteiger partial charge in [-0.2, -0.15) is 0 Å². The zero-order valence-electron chi connectivity index (χ0n) is 15.7. The highest BCUT2D eigenvalue weighted by atomic mass is 32.2. The smallest absolute Gasteiger partial charge is 0.240 e. The van der Waals surface area contributed by atoms with Crippen LogP contribution in [0.1, 0.15) is 47.6 Å². The molecule has 4 rings (SSSR count). The average Bonchev–Trinajstić information content (AvgIpc) is 3.23. The first kappa shape index (κ1) is 19.1. The number of fused-ring (bicyclic) bond motifs is 1. The Hall–Kier alpha value is -1.21. The first-order valence-electron chi connectivity index (χ1n) is 9.99. The van der Waals surface area contributed by atoms with Crippen molar-refractivity contribution in [1.29, 1.82) is 0 Å². The molecule has 1 aliphatic heterocycles. The molecule has 0 amide bonds. The molecule has 27 heavy (non-hydrogen) atoms. The highest BCUT2D eigenvalue weighted by molar-refractivity contribution is 7.89. The van der Waals surface area contributed by atoms with E-state index in [2.05, 4.69) is 27.1 Å². The summed E-state index contributed by atoms with van der Waals surface area (Å²) in [5, 5.41) is 2.15. The molecule has 2 aromatic rings. The van der Waals surface area contributed by atoms with Gasteiger partial charge in [0.2, 0.25) is 10.0 Å². The van der Waals surface area contributed by atoms with Crippen molar-refractivity contribution in [3.05, 3.63) is 51.7 Å². The Bertz CT molecular complexity index is 854. The Balaban J connectivity index is 1.27. The number of hydrogen-bond acceptors (Lipinski definition) is 4. The maximum Gasteiger partial charge on any atom is 0.240 e. The third-order valence-corrected chi connectivity index (χ3v) is 8.38. The van der Waals surface area contributed by atoms with E-state index in [1.54, 1.807) is 6.07 Å². The van der Waals surface area contributed by atoms with Gasteiger partial charge in [-0.25, -0.2) is 13.1 Å². The molecule has 2 heterocycles. The van der Waals surface area contributed by atoms with Gasteiger partial charge in [-0.3, -0.25) is 0 Å². The van der Waals surface area contributed by atoms with E-state index in [0.717, 1.165) is 51.7 Å². The molecule has 1 saturated heterocycles. The first-order chi connectivity index (χ1) is 13.1. The Morgan fingerprint density at radius 2 is 1.85 bits per heavy atom. The number of piperidine rings is 1. The highest BCUT2D eigenvalue weighted by Crippen LogP contribution is 2.30. The number of hydrogen-bond donors (Lipinski definition) is 1. The molecule has 1 aromatic carbocycles. The minimum absolute atomic E-state index is 0.416. The number of sulfonamides is 1. The summed E-state index contributed by atoms with van der Waals surface area (Å²) in [6.07, 6.45) is 6.77. The van der Waals surface area contributed by atoms with Crippen LogP contribution in [0.3, 0.4) is 0 Å². The number of nitrogens with one attached hydrogen (secondary N) is 1. The van der Waals surface area contributed by atoms with Crippen LogP contribution in [0, 0.1) is 0 Å². The number of rotatable bonds is 6. The summed E-state index contributed by atoms with van der Waals surface area (Å²) in [7, 11) is -3.42. The minimum Gasteiger partial charge on any atom is -0.302 e. The largest absolute Gasteiger partial charge is 0.302 e. The predicted octanol–water partition coefficient (Wildman–Crippen LogP) is 3.78. The van der Waals surface area contributed by atoms with E-state index in [9.17, 15) is 8.42 Å². The molecule has 1 N–H and O–H groups in total. The lowest BCUT2D eigenvalue weighted by Crippen LogP contribution is -2.39. The van der Waals surface area contributed by atoms with Crippen LogP contribution < -0.4 is 4.72 Å². The van der Waals surface area contributed by atoms with Gasteiger partial charge in [0, 0.05) is 18.0 Å². The van der Waals surface area contributed by atoms with Crippen molar-refractivity contribution in [2.24, 2.45) is 0 Å². The number of nitrogens with zero attached hydrogens (tertiary/aromatic N) is 1. The molecular formula is C21H28N2O2S2. The molecule has 146 valence electrons. The molecule has 4 nitrogen and oxygen atoms in total. The van der Waals surface area contributed by atoms with Gasteiger partial charge in [0.1, 0.15) is 0 Å². The average molecular weight is 405 g/mol. The second-order valence-corrected chi connectivity index (χ2v) is 10.4. The van der Waals surface area contributed by atoms with Crippen LogP contribution in [0.2, 0.25) is 0 Å². The van der Waals surface area contributed by atoms with Crippen LogP contribution in [0.25, 0.3) is 0 Å². The van der Waals surface area contributed by atoms with Crippen molar-refractivity contribution in [2.45, 2.75) is 49.3 Å². The van der Waals surface area contributed by atoms with Crippen molar-refractivity contribution in [2.75, 3.05) is 26.2 Å². The van der Waals surface area contributed by atoms with Gasteiger partial charge in [0.05, 0.1) is 4.90 Å². The van der Waals surface area contributed by atoms with Gasteiger partial charge in [0.15, 0.2) is 0 Å². The SMILES string of the molecule is O=S(=O)(NCCN1CCC(c2cccs2)CC1)c1ccc2c(c1)CCCC2. The quantitative estimate of drug-likeness (QED) is 0.797. The molecular weight excluding hydrogens is 376 g/mol. The van der Waals surface area contributed by atoms with E-state index in [-0.39, 0.29) is 0 Å². The summed E-state index contributed by atoms with van der Waals surface area (Å²) < 4.78 is 28.1. The van der Waals surface area contributed by atoms with Gasteiger partial charge < -0.3 is 4.90 Å². The number of benzene rings is 1. The molecule has 1 aliphatic carbocycles. The Kier molecular flexibility index (Phi) is 5.97. The van der Waals surface area contributed by atoms with Gasteiger partial charge in [-0.05, 0) is 92.2 Å². The molecule has 6 heteroatoms. The van der Waals surface area contributed by atoms with E-state index < -0.39 is 10.0 Å². The highest BCUT2D eigenvalue weighted by Gasteiger charge is 2.22. The van der Waals surface area contributed by atoms with E-state index >= 15 is 0 Å². The lowest BCUT2D eigenvalue weighted by molar-refractivity contribution is 0.217. The second kappa shape index (κ2) is 8.43. The molecule has 0 unspecified atom stereocenters. The summed E-state index contributed by atoms with van der Waals surface area (Å²) in [6.45, 7) is 3.34. The third kappa shape index (κ3) is 4.62. The van der Waals surface area contributed by atoms with Crippen LogP contribution in [-0.2, 0) is 22.9 Å². The van der Waals surface area contributed by atoms with Crippen LogP contribution in [0.15, 0.2) is 40.6 Å². The fourth-order valence-electron chi connectivity index (χ4n) is 4.26. The van der Waals surface area contributed by atoms with Crippen LogP contribution >= 0.6 is 11.3 Å². The van der Waals surface area contributed by atoms with Crippen molar-refractivity contribution in [3.63, 3.8) is 0 Å². The normalized spacial score (nSPS) is 19.1. The maximum absolute atomic E-state index is 12.6. The molecule has 0 atom stereocenters. The van der Waals surface area contributed by atoms with Crippen molar-refractivity contribution in [1.82, 2.24) is 9.62 Å². The van der Waals surface area contributed by atoms with Crippen LogP contribution in [0.5, 0.6) is 0 Å². The summed E-state index contributed by atoms with van der Waals surface area (Å²) in [5.41, 5.74) is 2.52. The number of thiophene rings is 1. The fraction of sp³-hybridized carbons (Fsp3) is 0.524. The summed E-state index contributed by atoms with van der Waals surface area (Å²) >= 11 is 1.85. The standard InChI is InChI=1S/C21H28N2O2S2/c24-27(25,20-8-7-17-4-1-2-5-19(17)16-20)22-11-14-23-12-9-18(10-13-23)21-6-3-15-26-21/h3,6-8,15-16,18,22H,1-2,4-5,9-14H2. The zero-order valence-corrected chi connectivity index (χ0v) is 17.3. The predicted molar refractivity (Wildman–Crippen MR) is 111 cm³/mol. The molecule has 1 aromatic heterocycles. The topological polar surface area (TPSA) is 49.4 Å². The minimum atomic E-state index is -3.42. The zero-order chi connectivity index (χ0) is 18.7. The van der Waals surface area contributed by atoms with E-state index in [4.69, 9.17) is 0 Å². The monoisotopic (exact) mass is 404 g/mol. The molecule has 2 aliphatic rings. The molecule has 0 bridgehead atoms. The first-order valence-corrected chi connectivity index (χ1v) is 12.4. The molecule has 0 saturated carbocycles. The summed E-state index contributed by atoms with van der Waals surface area (Å²) in [6, 6.07) is 10.0. The summed E-state index contributed by atoms with van der Waals surface area (Å²) in [4.78, 5) is 4.28. The fourth-order valence-corrected chi connectivity index (χ4v) is 6.23. The van der Waals surface area contributed by atoms with E-state index in [1.165, 1.54) is 22.4 Å². The van der Waals surface area contributed by atoms with Crippen LogP contribution in [-0.4, -0.2) is 39.5 Å². The van der Waals surface area contributed by atoms with Crippen molar-refractivity contribution < 1.29 is 8.42 Å². The van der Waals surface area contributed by atoms with Gasteiger partial charge >= 0.3 is 0 Å². The summed E-state index contributed by atoms with van der Waals surface area (Å²) in [5.74, 6) is 0.674. The Labute approximate surface area is 166 Å². The lowest BCUT2D eigenvalue weighted by atomic mass is 9.92. The molecule has 1 fully saturated rings. The van der Waals surface area contributed by atoms with Gasteiger partial charge in [0.25, 0.3) is 0 Å². The third-order valence-electron chi connectivity index (χ3n) is 5.88. The number of aryl methyl sites for hydroxylation is 2.